The van der Waals surface area contributed by atoms with Crippen molar-refractivity contribution in [3.8, 4) is 0 Å². The first kappa shape index (κ1) is 13.5. The number of hydrogen-bond donors (Lipinski definition) is 0. The van der Waals surface area contributed by atoms with E-state index >= 15 is 0 Å². The Morgan fingerprint density at radius 2 is 1.67 bits per heavy atom. The SMILES string of the molecule is CC1(C)OB(n2cccn2)OC1(C)C.[Ar]. The minimum atomic E-state index is -0.407. The molecule has 0 bridgehead atoms. The molecule has 84 valence electrons. The van der Waals surface area contributed by atoms with Gasteiger partial charge >= 0.3 is 7.25 Å². The molecular weight excluding hydrogens is 219 g/mol. The van der Waals surface area contributed by atoms with Gasteiger partial charge in [0.15, 0.2) is 0 Å². The van der Waals surface area contributed by atoms with Crippen molar-refractivity contribution in [1.82, 2.24) is 9.69 Å². The summed E-state index contributed by atoms with van der Waals surface area (Å²) in [6, 6.07) is 1.85. The van der Waals surface area contributed by atoms with Gasteiger partial charge in [-0.3, -0.25) is 4.59 Å². The second-order valence-corrected chi connectivity index (χ2v) is 4.55. The summed E-state index contributed by atoms with van der Waals surface area (Å²) in [7, 11) is -0.407. The van der Waals surface area contributed by atoms with E-state index in [0.717, 1.165) is 0 Å². The van der Waals surface area contributed by atoms with Gasteiger partial charge in [-0.1, -0.05) is 0 Å². The summed E-state index contributed by atoms with van der Waals surface area (Å²) in [4.78, 5) is 0. The van der Waals surface area contributed by atoms with Crippen molar-refractivity contribution in [2.75, 3.05) is 0 Å². The second-order valence-electron chi connectivity index (χ2n) is 4.55. The first-order valence-electron chi connectivity index (χ1n) is 4.77. The Kier molecular flexibility index (Phi) is 3.94. The molecule has 1 aliphatic heterocycles. The van der Waals surface area contributed by atoms with E-state index in [9.17, 15) is 0 Å². The summed E-state index contributed by atoms with van der Waals surface area (Å²) in [5, 5.41) is 4.10. The van der Waals surface area contributed by atoms with E-state index in [0.29, 0.717) is 0 Å². The molecule has 0 saturated carbocycles. The topological polar surface area (TPSA) is 36.3 Å². The molecule has 1 aliphatic rings. The van der Waals surface area contributed by atoms with E-state index in [-0.39, 0.29) is 48.9 Å². The third-order valence-electron chi connectivity index (χ3n) is 2.98. The van der Waals surface area contributed by atoms with Gasteiger partial charge in [-0.2, -0.15) is 5.10 Å². The van der Waals surface area contributed by atoms with E-state index in [1.807, 2.05) is 40.0 Å². The first-order chi connectivity index (χ1) is 6.42. The molecule has 0 radical (unpaired) electrons. The quantitative estimate of drug-likeness (QED) is 0.687. The Balaban J connectivity index is 0.00000112. The predicted molar refractivity (Wildman–Crippen MR) is 53.7 cm³/mol. The van der Waals surface area contributed by atoms with E-state index in [4.69, 9.17) is 9.31 Å². The summed E-state index contributed by atoms with van der Waals surface area (Å²) in [6.07, 6.45) is 3.55. The fourth-order valence-electron chi connectivity index (χ4n) is 1.33. The Hall–Kier alpha value is 0.455. The van der Waals surface area contributed by atoms with Crippen molar-refractivity contribution in [3.63, 3.8) is 0 Å². The maximum Gasteiger partial charge on any atom is 0.615 e. The van der Waals surface area contributed by atoms with Crippen LogP contribution in [-0.2, 0) is 9.31 Å². The number of aromatic nitrogens is 2. The van der Waals surface area contributed by atoms with Crippen LogP contribution in [0.15, 0.2) is 18.5 Å². The van der Waals surface area contributed by atoms with Crippen LogP contribution in [0.3, 0.4) is 0 Å². The number of rotatable bonds is 1. The first-order valence-corrected chi connectivity index (χ1v) is 4.77. The van der Waals surface area contributed by atoms with Crippen molar-refractivity contribution in [2.45, 2.75) is 38.9 Å². The Morgan fingerprint density at radius 3 is 2.07 bits per heavy atom. The summed E-state index contributed by atoms with van der Waals surface area (Å²) in [5.74, 6) is 0. The van der Waals surface area contributed by atoms with Crippen LogP contribution in [0.25, 0.3) is 0 Å². The van der Waals surface area contributed by atoms with Gasteiger partial charge in [0.1, 0.15) is 0 Å². The molecule has 6 heteroatoms. The van der Waals surface area contributed by atoms with Crippen LogP contribution in [0.1, 0.15) is 27.7 Å². The van der Waals surface area contributed by atoms with Gasteiger partial charge in [0, 0.05) is 50.1 Å². The average molecular weight is 234 g/mol. The van der Waals surface area contributed by atoms with Crippen molar-refractivity contribution in [3.05, 3.63) is 18.5 Å². The minimum absolute atomic E-state index is 0. The molecule has 0 aliphatic carbocycles. The Bertz CT molecular complexity index is 311. The molecule has 2 heterocycles. The second kappa shape index (κ2) is 4.38. The van der Waals surface area contributed by atoms with Crippen LogP contribution in [0.4, 0.5) is 0 Å². The molecule has 0 atom stereocenters. The molecule has 0 unspecified atom stereocenters. The smallest absolute Gasteiger partial charge is 0.383 e. The van der Waals surface area contributed by atoms with Crippen molar-refractivity contribution >= 4 is 7.25 Å². The number of hydrogen-bond acceptors (Lipinski definition) is 3. The molecule has 1 fully saturated rings. The fraction of sp³-hybridized carbons (Fsp3) is 0.667. The molecular formula is C9H15ArBN2O2. The molecule has 2 rings (SSSR count). The number of nitrogens with zero attached hydrogens (tertiary/aromatic N) is 2. The zero-order chi connectivity index (χ0) is 10.4. The largest absolute Gasteiger partial charge is 0.615 e. The standard InChI is InChI=1S/C9H15BN2O2.Ar/c1-8(2)9(3,4)14-10(13-8)12-7-5-6-11-12;/h5-7H,1-4H3;. The molecule has 4 nitrogen and oxygen atoms in total. The van der Waals surface area contributed by atoms with E-state index in [1.165, 1.54) is 0 Å². The maximum absolute atomic E-state index is 5.79. The summed E-state index contributed by atoms with van der Waals surface area (Å²) in [5.41, 5.74) is -0.604. The third-order valence-corrected chi connectivity index (χ3v) is 2.98. The van der Waals surface area contributed by atoms with Gasteiger partial charge in [0.2, 0.25) is 0 Å². The van der Waals surface area contributed by atoms with E-state index < -0.39 is 7.25 Å². The van der Waals surface area contributed by atoms with Gasteiger partial charge in [-0.15, -0.1) is 0 Å². The summed E-state index contributed by atoms with van der Waals surface area (Å²) in [6.45, 7) is 8.10. The van der Waals surface area contributed by atoms with Gasteiger partial charge in [-0.05, 0) is 33.8 Å². The molecule has 0 spiro atoms. The maximum atomic E-state index is 5.79. The zero-order valence-electron chi connectivity index (χ0n) is 9.37. The van der Waals surface area contributed by atoms with E-state index in [1.54, 1.807) is 10.8 Å². The third kappa shape index (κ3) is 2.42. The van der Waals surface area contributed by atoms with Crippen molar-refractivity contribution in [2.24, 2.45) is 0 Å². The van der Waals surface area contributed by atoms with Crippen LogP contribution in [0.2, 0.25) is 0 Å². The van der Waals surface area contributed by atoms with Crippen LogP contribution in [-0.4, -0.2) is 28.1 Å². The summed E-state index contributed by atoms with van der Waals surface area (Å²) < 4.78 is 13.3. The molecule has 15 heavy (non-hydrogen) atoms. The Labute approximate surface area is 120 Å². The Morgan fingerprint density at radius 1 is 1.13 bits per heavy atom. The fourth-order valence-corrected chi connectivity index (χ4v) is 1.33. The minimum Gasteiger partial charge on any atom is -0.383 e. The van der Waals surface area contributed by atoms with Gasteiger partial charge in [0.05, 0.1) is 11.2 Å². The normalized spacial score (nSPS) is 22.5. The molecule has 1 saturated heterocycles. The zero-order valence-corrected chi connectivity index (χ0v) is 10.1. The summed E-state index contributed by atoms with van der Waals surface area (Å²) >= 11 is 0. The van der Waals surface area contributed by atoms with Crippen molar-refractivity contribution in [1.29, 1.82) is 0 Å². The van der Waals surface area contributed by atoms with Crippen LogP contribution in [0.5, 0.6) is 0 Å². The van der Waals surface area contributed by atoms with Crippen LogP contribution < -0.4 is 0 Å². The van der Waals surface area contributed by atoms with E-state index in [2.05, 4.69) is 5.10 Å². The van der Waals surface area contributed by atoms with Crippen LogP contribution in [0, 0.1) is 37.7 Å². The van der Waals surface area contributed by atoms with Gasteiger partial charge < -0.3 is 9.31 Å². The van der Waals surface area contributed by atoms with Crippen LogP contribution >= 0.6 is 0 Å². The van der Waals surface area contributed by atoms with Gasteiger partial charge in [0.25, 0.3) is 0 Å². The predicted octanol–water partition coefficient (Wildman–Crippen LogP) is 1.32. The monoisotopic (exact) mass is 234 g/mol. The molecule has 0 N–H and O–H groups in total. The van der Waals surface area contributed by atoms with Crippen molar-refractivity contribution < 1.29 is 47.0 Å². The molecule has 0 amide bonds. The molecule has 1 aromatic rings. The van der Waals surface area contributed by atoms with Gasteiger partial charge in [-0.25, -0.2) is 0 Å². The molecule has 0 aromatic carbocycles. The molecule has 1 aromatic heterocycles. The average Bonchev–Trinajstić information content (AvgIpc) is 2.58.